The van der Waals surface area contributed by atoms with Gasteiger partial charge in [-0.05, 0) is 49.5 Å². The van der Waals surface area contributed by atoms with Gasteiger partial charge in [0.15, 0.2) is 12.0 Å². The zero-order chi connectivity index (χ0) is 13.2. The average molecular weight is 260 g/mol. The number of benzene rings is 1. The van der Waals surface area contributed by atoms with Gasteiger partial charge in [-0.25, -0.2) is 4.98 Å². The zero-order valence-corrected chi connectivity index (χ0v) is 10.5. The lowest BCUT2D eigenvalue weighted by atomic mass is 9.80. The van der Waals surface area contributed by atoms with E-state index in [-0.39, 0.29) is 5.92 Å². The summed E-state index contributed by atoms with van der Waals surface area (Å²) in [5, 5.41) is 12.8. The van der Waals surface area contributed by atoms with Crippen LogP contribution in [0.3, 0.4) is 0 Å². The van der Waals surface area contributed by atoms with Crippen molar-refractivity contribution in [1.29, 1.82) is 0 Å². The number of carboxylic acids is 1. The van der Waals surface area contributed by atoms with Gasteiger partial charge in [0.1, 0.15) is 5.52 Å². The number of nitrogens with zero attached hydrogens (tertiary/aromatic N) is 1. The molecule has 2 heterocycles. The fourth-order valence-electron chi connectivity index (χ4n) is 2.86. The molecule has 0 saturated carbocycles. The molecule has 1 aromatic heterocycles. The lowest BCUT2D eigenvalue weighted by Crippen LogP contribution is -2.33. The van der Waals surface area contributed by atoms with Crippen molar-refractivity contribution in [3.05, 3.63) is 30.2 Å². The van der Waals surface area contributed by atoms with E-state index in [9.17, 15) is 9.90 Å². The van der Waals surface area contributed by atoms with Gasteiger partial charge in [-0.3, -0.25) is 4.79 Å². The van der Waals surface area contributed by atoms with Gasteiger partial charge in [0.25, 0.3) is 0 Å². The Morgan fingerprint density at radius 2 is 2.21 bits per heavy atom. The SMILES string of the molecule is O=C(O)C(c1ccc2ncoc2c1)C1CCNCC1. The van der Waals surface area contributed by atoms with Crippen LogP contribution in [0.4, 0.5) is 0 Å². The number of aromatic nitrogens is 1. The predicted octanol–water partition coefficient (Wildman–Crippen LogP) is 2.00. The number of fused-ring (bicyclic) bond motifs is 1. The number of oxazole rings is 1. The summed E-state index contributed by atoms with van der Waals surface area (Å²) in [5.41, 5.74) is 2.22. The standard InChI is InChI=1S/C14H16N2O3/c17-14(18)13(9-3-5-15-6-4-9)10-1-2-11-12(7-10)19-8-16-11/h1-2,7-9,13,15H,3-6H2,(H,17,18). The average Bonchev–Trinajstić information content (AvgIpc) is 2.87. The summed E-state index contributed by atoms with van der Waals surface area (Å²) in [6.07, 6.45) is 3.17. The van der Waals surface area contributed by atoms with Gasteiger partial charge in [-0.15, -0.1) is 0 Å². The minimum Gasteiger partial charge on any atom is -0.481 e. The first-order chi connectivity index (χ1) is 9.25. The molecule has 2 aromatic rings. The molecule has 0 amide bonds. The number of aliphatic carboxylic acids is 1. The monoisotopic (exact) mass is 260 g/mol. The minimum absolute atomic E-state index is 0.180. The van der Waals surface area contributed by atoms with Crippen LogP contribution in [0, 0.1) is 5.92 Å². The van der Waals surface area contributed by atoms with E-state index in [0.717, 1.165) is 37.0 Å². The molecule has 1 aliphatic heterocycles. The zero-order valence-electron chi connectivity index (χ0n) is 10.5. The summed E-state index contributed by atoms with van der Waals surface area (Å²) in [5.74, 6) is -1.04. The van der Waals surface area contributed by atoms with E-state index in [4.69, 9.17) is 4.42 Å². The summed E-state index contributed by atoms with van der Waals surface area (Å²) in [6, 6.07) is 5.49. The van der Waals surface area contributed by atoms with Crippen molar-refractivity contribution in [1.82, 2.24) is 10.3 Å². The van der Waals surface area contributed by atoms with Crippen LogP contribution in [0.2, 0.25) is 0 Å². The Morgan fingerprint density at radius 3 is 2.95 bits per heavy atom. The third-order valence-corrected chi connectivity index (χ3v) is 3.84. The summed E-state index contributed by atoms with van der Waals surface area (Å²) < 4.78 is 5.26. The van der Waals surface area contributed by atoms with Gasteiger partial charge in [0.05, 0.1) is 5.92 Å². The highest BCUT2D eigenvalue weighted by Gasteiger charge is 2.31. The first kappa shape index (κ1) is 12.2. The van der Waals surface area contributed by atoms with Crippen molar-refractivity contribution in [2.45, 2.75) is 18.8 Å². The number of piperidine rings is 1. The van der Waals surface area contributed by atoms with Crippen LogP contribution in [-0.4, -0.2) is 29.1 Å². The maximum atomic E-state index is 11.6. The van der Waals surface area contributed by atoms with Gasteiger partial charge in [0.2, 0.25) is 0 Å². The normalized spacial score (nSPS) is 18.5. The van der Waals surface area contributed by atoms with E-state index in [1.807, 2.05) is 18.2 Å². The minimum atomic E-state index is -0.759. The van der Waals surface area contributed by atoms with Gasteiger partial charge < -0.3 is 14.8 Å². The van der Waals surface area contributed by atoms with E-state index in [2.05, 4.69) is 10.3 Å². The van der Waals surface area contributed by atoms with Crippen LogP contribution in [-0.2, 0) is 4.79 Å². The van der Waals surface area contributed by atoms with Crippen molar-refractivity contribution in [2.24, 2.45) is 5.92 Å². The largest absolute Gasteiger partial charge is 0.481 e. The second-order valence-electron chi connectivity index (χ2n) is 4.98. The van der Waals surface area contributed by atoms with E-state index >= 15 is 0 Å². The molecule has 5 nitrogen and oxygen atoms in total. The molecule has 5 heteroatoms. The van der Waals surface area contributed by atoms with Crippen LogP contribution in [0.5, 0.6) is 0 Å². The highest BCUT2D eigenvalue weighted by molar-refractivity contribution is 5.80. The molecule has 1 unspecified atom stereocenters. The van der Waals surface area contributed by atoms with Gasteiger partial charge in [-0.2, -0.15) is 0 Å². The second-order valence-corrected chi connectivity index (χ2v) is 4.98. The molecule has 0 radical (unpaired) electrons. The van der Waals surface area contributed by atoms with Crippen molar-refractivity contribution >= 4 is 17.1 Å². The predicted molar refractivity (Wildman–Crippen MR) is 70.0 cm³/mol. The highest BCUT2D eigenvalue weighted by atomic mass is 16.4. The fourth-order valence-corrected chi connectivity index (χ4v) is 2.86. The Morgan fingerprint density at radius 1 is 1.42 bits per heavy atom. The molecule has 0 aliphatic carbocycles. The molecule has 19 heavy (non-hydrogen) atoms. The Kier molecular flexibility index (Phi) is 3.21. The number of nitrogens with one attached hydrogen (secondary N) is 1. The van der Waals surface area contributed by atoms with E-state index in [1.54, 1.807) is 0 Å². The third kappa shape index (κ3) is 2.33. The Labute approximate surface area is 110 Å². The van der Waals surface area contributed by atoms with Gasteiger partial charge in [0, 0.05) is 0 Å². The summed E-state index contributed by atoms with van der Waals surface area (Å²) in [6.45, 7) is 1.78. The maximum Gasteiger partial charge on any atom is 0.311 e. The molecule has 1 aliphatic rings. The van der Waals surface area contributed by atoms with Gasteiger partial charge in [-0.1, -0.05) is 6.07 Å². The number of hydrogen-bond donors (Lipinski definition) is 2. The van der Waals surface area contributed by atoms with Gasteiger partial charge >= 0.3 is 5.97 Å². The molecule has 1 atom stereocenters. The molecule has 0 bridgehead atoms. The van der Waals surface area contributed by atoms with E-state index in [0.29, 0.717) is 5.58 Å². The lowest BCUT2D eigenvalue weighted by molar-refractivity contribution is -0.140. The van der Waals surface area contributed by atoms with Crippen LogP contribution < -0.4 is 5.32 Å². The van der Waals surface area contributed by atoms with Crippen molar-refractivity contribution in [3.63, 3.8) is 0 Å². The third-order valence-electron chi connectivity index (χ3n) is 3.84. The number of rotatable bonds is 3. The maximum absolute atomic E-state index is 11.6. The fraction of sp³-hybridized carbons (Fsp3) is 0.429. The molecule has 1 saturated heterocycles. The number of carboxylic acid groups (broad SMARTS) is 1. The molecule has 2 N–H and O–H groups in total. The number of carbonyl (C=O) groups is 1. The Balaban J connectivity index is 1.95. The van der Waals surface area contributed by atoms with Crippen molar-refractivity contribution in [3.8, 4) is 0 Å². The Bertz CT molecular complexity index is 587. The van der Waals surface area contributed by atoms with Crippen molar-refractivity contribution in [2.75, 3.05) is 13.1 Å². The van der Waals surface area contributed by atoms with Crippen LogP contribution in [0.25, 0.3) is 11.1 Å². The Hall–Kier alpha value is -1.88. The van der Waals surface area contributed by atoms with Crippen LogP contribution in [0.1, 0.15) is 24.3 Å². The first-order valence-electron chi connectivity index (χ1n) is 6.52. The molecular weight excluding hydrogens is 244 g/mol. The summed E-state index contributed by atoms with van der Waals surface area (Å²) >= 11 is 0. The summed E-state index contributed by atoms with van der Waals surface area (Å²) in [4.78, 5) is 15.7. The quantitative estimate of drug-likeness (QED) is 0.882. The van der Waals surface area contributed by atoms with Crippen LogP contribution >= 0.6 is 0 Å². The molecule has 0 spiro atoms. The van der Waals surface area contributed by atoms with E-state index < -0.39 is 11.9 Å². The molecule has 1 aromatic carbocycles. The first-order valence-corrected chi connectivity index (χ1v) is 6.52. The van der Waals surface area contributed by atoms with Crippen LogP contribution in [0.15, 0.2) is 29.0 Å². The lowest BCUT2D eigenvalue weighted by Gasteiger charge is -2.28. The second kappa shape index (κ2) is 5.01. The van der Waals surface area contributed by atoms with E-state index in [1.165, 1.54) is 6.39 Å². The summed E-state index contributed by atoms with van der Waals surface area (Å²) in [7, 11) is 0. The molecule has 1 fully saturated rings. The smallest absolute Gasteiger partial charge is 0.311 e. The highest BCUT2D eigenvalue weighted by Crippen LogP contribution is 2.32. The molecular formula is C14H16N2O3. The topological polar surface area (TPSA) is 75.4 Å². The molecule has 100 valence electrons. The number of hydrogen-bond acceptors (Lipinski definition) is 4. The molecule has 3 rings (SSSR count). The van der Waals surface area contributed by atoms with Crippen molar-refractivity contribution < 1.29 is 14.3 Å².